The van der Waals surface area contributed by atoms with E-state index in [-0.39, 0.29) is 5.66 Å². The monoisotopic (exact) mass is 169 g/mol. The molecule has 0 aromatic heterocycles. The normalized spacial score (nSPS) is 21.8. The summed E-state index contributed by atoms with van der Waals surface area (Å²) in [5, 5.41) is 2.23. The molecule has 0 bridgehead atoms. The zero-order valence-electron chi connectivity index (χ0n) is 8.46. The molecule has 0 unspecified atom stereocenters. The van der Waals surface area contributed by atoms with E-state index >= 15 is 0 Å². The fraction of sp³-hybridized carbons (Fsp3) is 0.889. The maximum Gasteiger partial charge on any atom is 0.131 e. The molecule has 0 saturated heterocycles. The zero-order chi connectivity index (χ0) is 9.19. The molecule has 0 saturated carbocycles. The number of aliphatic imine (C=N–C) groups is 1. The Morgan fingerprint density at radius 2 is 2.00 bits per heavy atom. The summed E-state index contributed by atoms with van der Waals surface area (Å²) < 4.78 is 0. The van der Waals surface area contributed by atoms with E-state index in [0.717, 1.165) is 12.8 Å². The first-order valence-corrected chi connectivity index (χ1v) is 4.75. The van der Waals surface area contributed by atoms with Gasteiger partial charge in [0.2, 0.25) is 0 Å². The number of rotatable bonds is 3. The van der Waals surface area contributed by atoms with Gasteiger partial charge in [0.05, 0.1) is 6.34 Å². The van der Waals surface area contributed by atoms with E-state index in [4.69, 9.17) is 0 Å². The summed E-state index contributed by atoms with van der Waals surface area (Å²) in [6.07, 6.45) is 3.93. The van der Waals surface area contributed by atoms with E-state index in [1.54, 1.807) is 0 Å². The van der Waals surface area contributed by atoms with E-state index < -0.39 is 0 Å². The van der Waals surface area contributed by atoms with Crippen molar-refractivity contribution in [2.45, 2.75) is 52.2 Å². The molecule has 0 aromatic rings. The fourth-order valence-electron chi connectivity index (χ4n) is 1.80. The third kappa shape index (κ3) is 1.33. The maximum absolute atomic E-state index is 4.50. The van der Waals surface area contributed by atoms with Crippen molar-refractivity contribution in [3.05, 3.63) is 0 Å². The predicted molar refractivity (Wildman–Crippen MR) is 51.9 cm³/mol. The Kier molecular flexibility index (Phi) is 2.73. The second kappa shape index (κ2) is 3.44. The summed E-state index contributed by atoms with van der Waals surface area (Å²) in [5.41, 5.74) is 3.20. The first-order valence-electron chi connectivity index (χ1n) is 4.75. The van der Waals surface area contributed by atoms with E-state index in [1.807, 2.05) is 6.34 Å². The highest BCUT2D eigenvalue weighted by Gasteiger charge is 2.37. The van der Waals surface area contributed by atoms with Crippen LogP contribution in [0.1, 0.15) is 40.5 Å². The second-order valence-corrected chi connectivity index (χ2v) is 3.54. The average molecular weight is 169 g/mol. The molecule has 1 aliphatic heterocycles. The zero-order valence-corrected chi connectivity index (χ0v) is 8.46. The lowest BCUT2D eigenvalue weighted by Crippen LogP contribution is -2.52. The molecule has 1 heterocycles. The summed E-state index contributed by atoms with van der Waals surface area (Å²) in [6.45, 7) is 8.73. The van der Waals surface area contributed by atoms with Crippen LogP contribution >= 0.6 is 0 Å². The maximum atomic E-state index is 4.50. The first kappa shape index (κ1) is 9.52. The molecular formula is C9H19N3. The van der Waals surface area contributed by atoms with Crippen LogP contribution in [0.3, 0.4) is 0 Å². The van der Waals surface area contributed by atoms with E-state index in [0.29, 0.717) is 6.04 Å². The Morgan fingerprint density at radius 1 is 1.42 bits per heavy atom. The van der Waals surface area contributed by atoms with Gasteiger partial charge in [-0.1, -0.05) is 13.8 Å². The van der Waals surface area contributed by atoms with E-state index in [2.05, 4.69) is 43.1 Å². The van der Waals surface area contributed by atoms with Crippen LogP contribution in [0.4, 0.5) is 0 Å². The van der Waals surface area contributed by atoms with Crippen molar-refractivity contribution in [2.75, 3.05) is 0 Å². The van der Waals surface area contributed by atoms with Crippen molar-refractivity contribution in [3.8, 4) is 0 Å². The van der Waals surface area contributed by atoms with Crippen molar-refractivity contribution in [1.29, 1.82) is 0 Å². The molecule has 1 N–H and O–H groups in total. The standard InChI is InChI=1S/C9H19N3/c1-5-9(6-2)10-7-11-12(9)8(3)4/h7-8H,5-6H2,1-4H3,(H,10,11). The van der Waals surface area contributed by atoms with Gasteiger partial charge in [-0.25, -0.2) is 0 Å². The summed E-state index contributed by atoms with van der Waals surface area (Å²) >= 11 is 0. The third-order valence-electron chi connectivity index (χ3n) is 2.60. The van der Waals surface area contributed by atoms with Gasteiger partial charge in [0.15, 0.2) is 0 Å². The summed E-state index contributed by atoms with van der Waals surface area (Å²) in [6, 6.07) is 0.493. The lowest BCUT2D eigenvalue weighted by molar-refractivity contribution is 0.0470. The lowest BCUT2D eigenvalue weighted by atomic mass is 10.0. The number of hydrazine groups is 1. The molecule has 70 valence electrons. The Labute approximate surface area is 74.8 Å². The quantitative estimate of drug-likeness (QED) is 0.697. The smallest absolute Gasteiger partial charge is 0.131 e. The topological polar surface area (TPSA) is 27.6 Å². The second-order valence-electron chi connectivity index (χ2n) is 3.54. The van der Waals surface area contributed by atoms with Crippen molar-refractivity contribution >= 4 is 6.34 Å². The van der Waals surface area contributed by atoms with E-state index in [9.17, 15) is 0 Å². The average Bonchev–Trinajstić information content (AvgIpc) is 2.48. The Balaban J connectivity index is 2.77. The van der Waals surface area contributed by atoms with Gasteiger partial charge in [0.25, 0.3) is 0 Å². The summed E-state index contributed by atoms with van der Waals surface area (Å²) in [7, 11) is 0. The Morgan fingerprint density at radius 3 is 2.33 bits per heavy atom. The molecule has 0 aromatic carbocycles. The highest BCUT2D eigenvalue weighted by molar-refractivity contribution is 5.57. The van der Waals surface area contributed by atoms with Gasteiger partial charge in [0, 0.05) is 6.04 Å². The third-order valence-corrected chi connectivity index (χ3v) is 2.60. The molecule has 0 atom stereocenters. The van der Waals surface area contributed by atoms with Crippen LogP contribution in [0.15, 0.2) is 4.99 Å². The summed E-state index contributed by atoms with van der Waals surface area (Å²) in [4.78, 5) is 4.50. The number of nitrogens with zero attached hydrogens (tertiary/aromatic N) is 2. The molecule has 1 rings (SSSR count). The van der Waals surface area contributed by atoms with Crippen LogP contribution in [-0.2, 0) is 0 Å². The van der Waals surface area contributed by atoms with Gasteiger partial charge in [-0.2, -0.15) is 5.01 Å². The van der Waals surface area contributed by atoms with Crippen LogP contribution in [0, 0.1) is 0 Å². The number of hydrogen-bond donors (Lipinski definition) is 1. The van der Waals surface area contributed by atoms with Crippen LogP contribution in [0.5, 0.6) is 0 Å². The molecule has 0 radical (unpaired) electrons. The Hall–Kier alpha value is -0.570. The highest BCUT2D eigenvalue weighted by atomic mass is 15.6. The molecule has 3 nitrogen and oxygen atoms in total. The highest BCUT2D eigenvalue weighted by Crippen LogP contribution is 2.27. The molecular weight excluding hydrogens is 150 g/mol. The van der Waals surface area contributed by atoms with Crippen molar-refractivity contribution in [2.24, 2.45) is 4.99 Å². The lowest BCUT2D eigenvalue weighted by Gasteiger charge is -2.36. The van der Waals surface area contributed by atoms with Crippen molar-refractivity contribution < 1.29 is 0 Å². The molecule has 0 aliphatic carbocycles. The largest absolute Gasteiger partial charge is 0.307 e. The minimum atomic E-state index is 0.00810. The number of nitrogens with one attached hydrogen (secondary N) is 1. The van der Waals surface area contributed by atoms with Gasteiger partial charge in [0.1, 0.15) is 5.66 Å². The Bertz CT molecular complexity index is 171. The van der Waals surface area contributed by atoms with Crippen molar-refractivity contribution in [3.63, 3.8) is 0 Å². The van der Waals surface area contributed by atoms with E-state index in [1.165, 1.54) is 0 Å². The van der Waals surface area contributed by atoms with Crippen LogP contribution in [-0.4, -0.2) is 23.1 Å². The van der Waals surface area contributed by atoms with Crippen molar-refractivity contribution in [1.82, 2.24) is 10.4 Å². The van der Waals surface area contributed by atoms with Gasteiger partial charge >= 0.3 is 0 Å². The first-order chi connectivity index (χ1) is 5.66. The fourth-order valence-corrected chi connectivity index (χ4v) is 1.80. The molecule has 0 spiro atoms. The number of hydrogen-bond acceptors (Lipinski definition) is 3. The minimum absolute atomic E-state index is 0.00810. The van der Waals surface area contributed by atoms with Crippen LogP contribution < -0.4 is 5.43 Å². The predicted octanol–water partition coefficient (Wildman–Crippen LogP) is 1.76. The van der Waals surface area contributed by atoms with Gasteiger partial charge in [-0.05, 0) is 26.7 Å². The molecule has 3 heteroatoms. The SMILES string of the molecule is CCC1(CC)N=CNN1C(C)C. The molecule has 0 amide bonds. The molecule has 1 aliphatic rings. The van der Waals surface area contributed by atoms with Gasteiger partial charge < -0.3 is 5.43 Å². The minimum Gasteiger partial charge on any atom is -0.307 e. The summed E-state index contributed by atoms with van der Waals surface area (Å²) in [5.74, 6) is 0. The van der Waals surface area contributed by atoms with Gasteiger partial charge in [-0.3, -0.25) is 4.99 Å². The molecule has 12 heavy (non-hydrogen) atoms. The van der Waals surface area contributed by atoms with Crippen LogP contribution in [0.2, 0.25) is 0 Å². The molecule has 0 fully saturated rings. The van der Waals surface area contributed by atoms with Crippen LogP contribution in [0.25, 0.3) is 0 Å². The van der Waals surface area contributed by atoms with Gasteiger partial charge in [-0.15, -0.1) is 0 Å².